The summed E-state index contributed by atoms with van der Waals surface area (Å²) >= 11 is 7.00. The number of halogens is 1. The van der Waals surface area contributed by atoms with Gasteiger partial charge in [-0.15, -0.1) is 0 Å². The zero-order valence-electron chi connectivity index (χ0n) is 17.1. The van der Waals surface area contributed by atoms with E-state index in [-0.39, 0.29) is 17.7 Å². The highest BCUT2D eigenvalue weighted by atomic mass is 35.5. The number of ether oxygens (including phenoxy) is 1. The molecule has 6 heteroatoms. The Balaban J connectivity index is 1.33. The lowest BCUT2D eigenvalue weighted by atomic mass is 10.1. The summed E-state index contributed by atoms with van der Waals surface area (Å²) < 4.78 is 5.84. The molecule has 3 aromatic carbocycles. The number of carbonyl (C=O) groups excluding carboxylic acids is 2. The highest BCUT2D eigenvalue weighted by Crippen LogP contribution is 2.31. The highest BCUT2D eigenvalue weighted by molar-refractivity contribution is 8.15. The van der Waals surface area contributed by atoms with Gasteiger partial charge in [0.15, 0.2) is 0 Å². The van der Waals surface area contributed by atoms with Crippen LogP contribution in [0.1, 0.15) is 22.3 Å². The summed E-state index contributed by atoms with van der Waals surface area (Å²) in [5, 5.41) is 0.0171. The summed E-state index contributed by atoms with van der Waals surface area (Å²) in [6.07, 6.45) is 0.505. The predicted octanol–water partition coefficient (Wildman–Crippen LogP) is 6.03. The van der Waals surface area contributed by atoms with Crippen molar-refractivity contribution in [3.05, 3.63) is 100 Å². The van der Waals surface area contributed by atoms with Crippen LogP contribution in [-0.2, 0) is 24.4 Å². The molecule has 1 aliphatic heterocycles. The first kappa shape index (κ1) is 21.5. The fourth-order valence-corrected chi connectivity index (χ4v) is 4.49. The van der Waals surface area contributed by atoms with Crippen LogP contribution in [0.15, 0.2) is 72.8 Å². The Kier molecular flexibility index (Phi) is 6.64. The molecule has 1 atom stereocenters. The van der Waals surface area contributed by atoms with Crippen molar-refractivity contribution in [3.8, 4) is 5.75 Å². The SMILES string of the molecule is Cc1ccc(COc2ccc(C[C@H]3SC(=O)N(Cc4ccc(Cl)cc4)C3=O)cc2)cc1. The number of imide groups is 1. The van der Waals surface area contributed by atoms with Crippen LogP contribution in [0.4, 0.5) is 4.79 Å². The van der Waals surface area contributed by atoms with Crippen LogP contribution in [0.25, 0.3) is 0 Å². The van der Waals surface area contributed by atoms with Gasteiger partial charge in [0.05, 0.1) is 11.8 Å². The zero-order chi connectivity index (χ0) is 21.8. The third-order valence-electron chi connectivity index (χ3n) is 5.13. The first-order chi connectivity index (χ1) is 15.0. The third kappa shape index (κ3) is 5.49. The van der Waals surface area contributed by atoms with E-state index < -0.39 is 5.25 Å². The molecule has 0 bridgehead atoms. The van der Waals surface area contributed by atoms with Crippen molar-refractivity contribution in [2.24, 2.45) is 0 Å². The van der Waals surface area contributed by atoms with Gasteiger partial charge in [-0.3, -0.25) is 14.5 Å². The van der Waals surface area contributed by atoms with Gasteiger partial charge in [-0.2, -0.15) is 0 Å². The Morgan fingerprint density at radius 3 is 2.16 bits per heavy atom. The quantitative estimate of drug-likeness (QED) is 0.439. The van der Waals surface area contributed by atoms with Crippen molar-refractivity contribution < 1.29 is 14.3 Å². The Labute approximate surface area is 191 Å². The van der Waals surface area contributed by atoms with Gasteiger partial charge in [-0.1, -0.05) is 77.5 Å². The standard InChI is InChI=1S/C25H22ClNO3S/c1-17-2-4-20(5-3-17)16-30-22-12-8-18(9-13-22)14-23-24(28)27(25(29)31-23)15-19-6-10-21(26)11-7-19/h2-13,23H,14-16H2,1H3/t23-/m1/s1. The fourth-order valence-electron chi connectivity index (χ4n) is 3.33. The summed E-state index contributed by atoms with van der Waals surface area (Å²) in [4.78, 5) is 26.5. The van der Waals surface area contributed by atoms with Gasteiger partial charge in [0.25, 0.3) is 5.24 Å². The summed E-state index contributed by atoms with van der Waals surface area (Å²) in [5.41, 5.74) is 4.21. The van der Waals surface area contributed by atoms with E-state index in [0.717, 1.165) is 34.2 Å². The molecule has 158 valence electrons. The minimum absolute atomic E-state index is 0.148. The molecular formula is C25H22ClNO3S. The molecule has 4 rings (SSSR count). The molecule has 31 heavy (non-hydrogen) atoms. The third-order valence-corrected chi connectivity index (χ3v) is 6.46. The number of amides is 2. The molecule has 0 N–H and O–H groups in total. The summed E-state index contributed by atoms with van der Waals surface area (Å²) in [5.74, 6) is 0.625. The van der Waals surface area contributed by atoms with Gasteiger partial charge >= 0.3 is 0 Å². The van der Waals surface area contributed by atoms with Gasteiger partial charge in [0.2, 0.25) is 5.91 Å². The van der Waals surface area contributed by atoms with Crippen LogP contribution in [0.2, 0.25) is 5.02 Å². The molecule has 1 fully saturated rings. The molecule has 1 aliphatic rings. The van der Waals surface area contributed by atoms with Crippen molar-refractivity contribution in [2.45, 2.75) is 31.7 Å². The number of hydrogen-bond acceptors (Lipinski definition) is 4. The van der Waals surface area contributed by atoms with E-state index >= 15 is 0 Å². The van der Waals surface area contributed by atoms with E-state index in [0.29, 0.717) is 18.1 Å². The van der Waals surface area contributed by atoms with Crippen LogP contribution in [0.3, 0.4) is 0 Å². The van der Waals surface area contributed by atoms with Crippen LogP contribution in [-0.4, -0.2) is 21.3 Å². The average Bonchev–Trinajstić information content (AvgIpc) is 3.03. The fraction of sp³-hybridized carbons (Fsp3) is 0.200. The molecule has 0 saturated carbocycles. The monoisotopic (exact) mass is 451 g/mol. The first-order valence-corrected chi connectivity index (χ1v) is 11.3. The zero-order valence-corrected chi connectivity index (χ0v) is 18.7. The summed E-state index contributed by atoms with van der Waals surface area (Å²) in [6.45, 7) is 2.83. The minimum Gasteiger partial charge on any atom is -0.489 e. The van der Waals surface area contributed by atoms with Gasteiger partial charge in [0.1, 0.15) is 12.4 Å². The van der Waals surface area contributed by atoms with E-state index in [4.69, 9.17) is 16.3 Å². The largest absolute Gasteiger partial charge is 0.489 e. The number of benzene rings is 3. The van der Waals surface area contributed by atoms with Gasteiger partial charge in [-0.25, -0.2) is 0 Å². The molecule has 1 heterocycles. The number of aryl methyl sites for hydroxylation is 1. The molecule has 0 aliphatic carbocycles. The van der Waals surface area contributed by atoms with Gasteiger partial charge < -0.3 is 4.74 Å². The Morgan fingerprint density at radius 2 is 1.48 bits per heavy atom. The summed E-state index contributed by atoms with van der Waals surface area (Å²) in [6, 6.07) is 23.1. The molecule has 0 unspecified atom stereocenters. The lowest BCUT2D eigenvalue weighted by Crippen LogP contribution is -2.31. The van der Waals surface area contributed by atoms with Crippen LogP contribution in [0.5, 0.6) is 5.75 Å². The number of thioether (sulfide) groups is 1. The van der Waals surface area contributed by atoms with E-state index in [9.17, 15) is 9.59 Å². The van der Waals surface area contributed by atoms with Gasteiger partial charge in [0, 0.05) is 5.02 Å². The van der Waals surface area contributed by atoms with E-state index in [2.05, 4.69) is 31.2 Å². The topological polar surface area (TPSA) is 46.6 Å². The molecule has 0 radical (unpaired) electrons. The van der Waals surface area contributed by atoms with E-state index in [1.165, 1.54) is 10.5 Å². The first-order valence-electron chi connectivity index (χ1n) is 10.0. The lowest BCUT2D eigenvalue weighted by molar-refractivity contribution is -0.127. The molecule has 0 aromatic heterocycles. The maximum absolute atomic E-state index is 12.8. The van der Waals surface area contributed by atoms with Crippen molar-refractivity contribution in [1.29, 1.82) is 0 Å². The van der Waals surface area contributed by atoms with Crippen LogP contribution in [0, 0.1) is 6.92 Å². The number of nitrogens with zero attached hydrogens (tertiary/aromatic N) is 1. The highest BCUT2D eigenvalue weighted by Gasteiger charge is 2.39. The Morgan fingerprint density at radius 1 is 0.871 bits per heavy atom. The number of rotatable bonds is 7. The van der Waals surface area contributed by atoms with Crippen LogP contribution >= 0.6 is 23.4 Å². The molecular weight excluding hydrogens is 430 g/mol. The maximum Gasteiger partial charge on any atom is 0.289 e. The predicted molar refractivity (Wildman–Crippen MR) is 124 cm³/mol. The number of hydrogen-bond donors (Lipinski definition) is 0. The Hall–Kier alpha value is -2.76. The Bertz CT molecular complexity index is 1070. The maximum atomic E-state index is 12.8. The van der Waals surface area contributed by atoms with Crippen molar-refractivity contribution in [2.75, 3.05) is 0 Å². The lowest BCUT2D eigenvalue weighted by Gasteiger charge is -2.14. The second-order valence-electron chi connectivity index (χ2n) is 7.55. The second kappa shape index (κ2) is 9.58. The smallest absolute Gasteiger partial charge is 0.289 e. The van der Waals surface area contributed by atoms with Crippen molar-refractivity contribution in [1.82, 2.24) is 4.90 Å². The van der Waals surface area contributed by atoms with E-state index in [1.54, 1.807) is 12.1 Å². The average molecular weight is 452 g/mol. The van der Waals surface area contributed by atoms with Crippen molar-refractivity contribution >= 4 is 34.5 Å². The molecule has 2 amide bonds. The molecule has 1 saturated heterocycles. The van der Waals surface area contributed by atoms with Gasteiger partial charge in [-0.05, 0) is 54.3 Å². The van der Waals surface area contributed by atoms with Crippen LogP contribution < -0.4 is 4.74 Å². The molecule has 4 nitrogen and oxygen atoms in total. The van der Waals surface area contributed by atoms with E-state index in [1.807, 2.05) is 36.4 Å². The summed E-state index contributed by atoms with van der Waals surface area (Å²) in [7, 11) is 0. The molecule has 0 spiro atoms. The normalized spacial score (nSPS) is 16.1. The number of carbonyl (C=O) groups is 2. The molecule has 3 aromatic rings. The van der Waals surface area contributed by atoms with Crippen molar-refractivity contribution in [3.63, 3.8) is 0 Å². The second-order valence-corrected chi connectivity index (χ2v) is 9.14. The minimum atomic E-state index is -0.404.